The first-order valence-electron chi connectivity index (χ1n) is 10.3. The molecule has 3 aromatic rings. The molecular weight excluding hydrogens is 395 g/mol. The molecule has 0 spiro atoms. The van der Waals surface area contributed by atoms with Crippen LogP contribution in [0.4, 0.5) is 10.2 Å². The number of aryl methyl sites for hydroxylation is 2. The van der Waals surface area contributed by atoms with Crippen LogP contribution < -0.4 is 10.6 Å². The largest absolute Gasteiger partial charge is 0.349 e. The summed E-state index contributed by atoms with van der Waals surface area (Å²) >= 11 is 0. The molecule has 1 fully saturated rings. The lowest BCUT2D eigenvalue weighted by atomic mass is 10.1. The molecular formula is C23H25FN6O. The molecule has 2 aromatic heterocycles. The average molecular weight is 420 g/mol. The third-order valence-electron chi connectivity index (χ3n) is 6.06. The Labute approximate surface area is 180 Å². The van der Waals surface area contributed by atoms with Crippen molar-refractivity contribution in [3.63, 3.8) is 0 Å². The fourth-order valence-corrected chi connectivity index (χ4v) is 4.15. The summed E-state index contributed by atoms with van der Waals surface area (Å²) in [7, 11) is 1.65. The highest BCUT2D eigenvalue weighted by molar-refractivity contribution is 5.86. The van der Waals surface area contributed by atoms with Crippen molar-refractivity contribution in [2.45, 2.75) is 39.4 Å². The lowest BCUT2D eigenvalue weighted by Crippen LogP contribution is -2.56. The van der Waals surface area contributed by atoms with E-state index in [1.54, 1.807) is 32.2 Å². The van der Waals surface area contributed by atoms with Crippen molar-refractivity contribution in [1.29, 1.82) is 5.26 Å². The first kappa shape index (κ1) is 20.9. The third kappa shape index (κ3) is 3.89. The minimum atomic E-state index is -0.355. The molecule has 0 aliphatic carbocycles. The molecule has 0 unspecified atom stereocenters. The van der Waals surface area contributed by atoms with Crippen LogP contribution in [0.5, 0.6) is 0 Å². The van der Waals surface area contributed by atoms with Crippen molar-refractivity contribution < 1.29 is 4.39 Å². The standard InChI is InChI=1S/C23H25FN6O/c1-14-5-6-17(9-19(14)24)13-29-11-16(3)30(12-15(29)2)22-21-20(28(4)23(31)27-22)8-7-18(10-25)26-21/h5-9,15-16H,11-13H2,1-4H3/t15-,16+/m1/s1. The molecule has 1 saturated heterocycles. The van der Waals surface area contributed by atoms with Crippen molar-refractivity contribution in [3.8, 4) is 6.07 Å². The molecule has 3 heterocycles. The van der Waals surface area contributed by atoms with E-state index in [0.29, 0.717) is 35.5 Å². The van der Waals surface area contributed by atoms with Gasteiger partial charge in [-0.1, -0.05) is 12.1 Å². The van der Waals surface area contributed by atoms with Gasteiger partial charge >= 0.3 is 5.69 Å². The molecule has 4 rings (SSSR count). The van der Waals surface area contributed by atoms with Crippen molar-refractivity contribution in [2.75, 3.05) is 18.0 Å². The number of nitriles is 1. The van der Waals surface area contributed by atoms with Gasteiger partial charge in [0.15, 0.2) is 5.82 Å². The van der Waals surface area contributed by atoms with Gasteiger partial charge in [0.2, 0.25) is 0 Å². The minimum Gasteiger partial charge on any atom is -0.349 e. The number of halogens is 1. The van der Waals surface area contributed by atoms with E-state index in [0.717, 1.165) is 12.1 Å². The monoisotopic (exact) mass is 420 g/mol. The second-order valence-corrected chi connectivity index (χ2v) is 8.32. The number of hydrogen-bond acceptors (Lipinski definition) is 6. The first-order valence-corrected chi connectivity index (χ1v) is 10.3. The van der Waals surface area contributed by atoms with Crippen molar-refractivity contribution in [2.24, 2.45) is 7.05 Å². The van der Waals surface area contributed by atoms with Gasteiger partial charge in [-0.05, 0) is 50.1 Å². The van der Waals surface area contributed by atoms with E-state index < -0.39 is 0 Å². The maximum atomic E-state index is 14.0. The SMILES string of the molecule is Cc1ccc(CN2C[C@H](C)N(c3nc(=O)n(C)c4ccc(C#N)nc34)C[C@H]2C)cc1F. The number of aromatic nitrogens is 3. The molecule has 1 aliphatic rings. The average Bonchev–Trinajstić information content (AvgIpc) is 2.75. The summed E-state index contributed by atoms with van der Waals surface area (Å²) in [5, 5.41) is 9.28. The van der Waals surface area contributed by atoms with Crippen LogP contribution in [0.3, 0.4) is 0 Å². The summed E-state index contributed by atoms with van der Waals surface area (Å²) in [5.41, 5.74) is 2.71. The number of nitrogens with zero attached hydrogens (tertiary/aromatic N) is 6. The molecule has 0 radical (unpaired) electrons. The number of benzene rings is 1. The number of hydrogen-bond donors (Lipinski definition) is 0. The van der Waals surface area contributed by atoms with Crippen LogP contribution in [0.15, 0.2) is 35.1 Å². The maximum Gasteiger partial charge on any atom is 0.349 e. The summed E-state index contributed by atoms with van der Waals surface area (Å²) in [6.45, 7) is 7.97. The normalized spacial score (nSPS) is 19.5. The number of fused-ring (bicyclic) bond motifs is 1. The summed E-state index contributed by atoms with van der Waals surface area (Å²) in [5.74, 6) is 0.322. The molecule has 160 valence electrons. The molecule has 0 saturated carbocycles. The van der Waals surface area contributed by atoms with Crippen LogP contribution in [0, 0.1) is 24.1 Å². The lowest BCUT2D eigenvalue weighted by Gasteiger charge is -2.44. The van der Waals surface area contributed by atoms with Gasteiger partial charge in [0.1, 0.15) is 23.1 Å². The van der Waals surface area contributed by atoms with Crippen LogP contribution in [-0.4, -0.2) is 44.6 Å². The molecule has 0 bridgehead atoms. The Morgan fingerprint density at radius 2 is 1.94 bits per heavy atom. The summed E-state index contributed by atoms with van der Waals surface area (Å²) in [4.78, 5) is 25.7. The van der Waals surface area contributed by atoms with Gasteiger partial charge in [-0.2, -0.15) is 10.2 Å². The molecule has 1 aromatic carbocycles. The topological polar surface area (TPSA) is 78.0 Å². The Morgan fingerprint density at radius 1 is 1.16 bits per heavy atom. The number of piperazine rings is 1. The zero-order valence-electron chi connectivity index (χ0n) is 18.1. The number of pyridine rings is 1. The number of rotatable bonds is 3. The molecule has 1 aliphatic heterocycles. The number of anilines is 1. The van der Waals surface area contributed by atoms with Crippen molar-refractivity contribution in [3.05, 3.63) is 63.5 Å². The van der Waals surface area contributed by atoms with E-state index in [9.17, 15) is 14.4 Å². The molecule has 0 amide bonds. The fraction of sp³-hybridized carbons (Fsp3) is 0.391. The van der Waals surface area contributed by atoms with Crippen LogP contribution in [0.2, 0.25) is 0 Å². The third-order valence-corrected chi connectivity index (χ3v) is 6.06. The molecule has 7 nitrogen and oxygen atoms in total. The smallest absolute Gasteiger partial charge is 0.349 e. The quantitative estimate of drug-likeness (QED) is 0.648. The zero-order valence-corrected chi connectivity index (χ0v) is 18.1. The Balaban J connectivity index is 1.66. The van der Waals surface area contributed by atoms with E-state index in [4.69, 9.17) is 0 Å². The van der Waals surface area contributed by atoms with E-state index in [2.05, 4.69) is 39.7 Å². The van der Waals surface area contributed by atoms with E-state index in [1.165, 1.54) is 4.57 Å². The Kier molecular flexibility index (Phi) is 5.46. The van der Waals surface area contributed by atoms with Crippen LogP contribution in [-0.2, 0) is 13.6 Å². The van der Waals surface area contributed by atoms with Gasteiger partial charge in [0.05, 0.1) is 5.52 Å². The maximum absolute atomic E-state index is 14.0. The Bertz CT molecular complexity index is 1250. The Hall–Kier alpha value is -3.31. The highest BCUT2D eigenvalue weighted by atomic mass is 19.1. The minimum absolute atomic E-state index is 0.0573. The highest BCUT2D eigenvalue weighted by Gasteiger charge is 2.31. The van der Waals surface area contributed by atoms with Gasteiger partial charge in [0.25, 0.3) is 0 Å². The van der Waals surface area contributed by atoms with E-state index in [-0.39, 0.29) is 29.3 Å². The van der Waals surface area contributed by atoms with Crippen LogP contribution >= 0.6 is 0 Å². The van der Waals surface area contributed by atoms with Gasteiger partial charge in [-0.25, -0.2) is 14.2 Å². The van der Waals surface area contributed by atoms with Gasteiger partial charge in [0, 0.05) is 38.8 Å². The summed E-state index contributed by atoms with van der Waals surface area (Å²) in [6.07, 6.45) is 0. The van der Waals surface area contributed by atoms with Gasteiger partial charge in [-0.15, -0.1) is 0 Å². The molecule has 2 atom stereocenters. The van der Waals surface area contributed by atoms with Gasteiger partial charge < -0.3 is 4.90 Å². The van der Waals surface area contributed by atoms with Crippen LogP contribution in [0.1, 0.15) is 30.7 Å². The molecule has 8 heteroatoms. The predicted molar refractivity (Wildman–Crippen MR) is 117 cm³/mol. The van der Waals surface area contributed by atoms with E-state index >= 15 is 0 Å². The predicted octanol–water partition coefficient (Wildman–Crippen LogP) is 2.75. The Morgan fingerprint density at radius 3 is 2.65 bits per heavy atom. The van der Waals surface area contributed by atoms with Crippen molar-refractivity contribution >= 4 is 16.9 Å². The van der Waals surface area contributed by atoms with E-state index in [1.807, 2.05) is 12.1 Å². The van der Waals surface area contributed by atoms with Crippen LogP contribution in [0.25, 0.3) is 11.0 Å². The second-order valence-electron chi connectivity index (χ2n) is 8.32. The summed E-state index contributed by atoms with van der Waals surface area (Å²) < 4.78 is 15.4. The summed E-state index contributed by atoms with van der Waals surface area (Å²) in [6, 6.07) is 11.0. The highest BCUT2D eigenvalue weighted by Crippen LogP contribution is 2.27. The molecule has 0 N–H and O–H groups in total. The van der Waals surface area contributed by atoms with Crippen molar-refractivity contribution in [1.82, 2.24) is 19.4 Å². The zero-order chi connectivity index (χ0) is 22.3. The lowest BCUT2D eigenvalue weighted by molar-refractivity contribution is 0.157. The van der Waals surface area contributed by atoms with Gasteiger partial charge in [-0.3, -0.25) is 9.47 Å². The first-order chi connectivity index (χ1) is 14.8. The second kappa shape index (κ2) is 8.08. The fourth-order valence-electron chi connectivity index (χ4n) is 4.15. The molecule has 31 heavy (non-hydrogen) atoms.